The van der Waals surface area contributed by atoms with Crippen LogP contribution < -0.4 is 5.32 Å². The molecule has 0 aliphatic heterocycles. The summed E-state index contributed by atoms with van der Waals surface area (Å²) in [6, 6.07) is -0.640. The molecular weight excluding hydrogens is 735 g/mol. The Bertz CT molecular complexity index is 954. The molecule has 0 aliphatic carbocycles. The molecule has 1 amide bonds. The van der Waals surface area contributed by atoms with Gasteiger partial charge in [-0.3, -0.25) is 4.79 Å². The molecule has 3 N–H and O–H groups in total. The third-order valence-electron chi connectivity index (χ3n) is 12.3. The molecule has 0 bridgehead atoms. The van der Waals surface area contributed by atoms with E-state index in [0.29, 0.717) is 6.42 Å². The fraction of sp³-hybridized carbons (Fsp3) is 0.839. The fourth-order valence-corrected chi connectivity index (χ4v) is 8.17. The number of unbranched alkanes of at least 4 members (excludes halogenated alkanes) is 36. The van der Waals surface area contributed by atoms with Gasteiger partial charge in [-0.1, -0.05) is 262 Å². The molecule has 2 unspecified atom stereocenters. The zero-order chi connectivity index (χ0) is 43.5. The monoisotopic (exact) mass is 840 g/mol. The highest BCUT2D eigenvalue weighted by Gasteiger charge is 2.17. The van der Waals surface area contributed by atoms with Crippen LogP contribution in [0.5, 0.6) is 0 Å². The van der Waals surface area contributed by atoms with Gasteiger partial charge in [0.1, 0.15) is 0 Å². The average Bonchev–Trinajstić information content (AvgIpc) is 3.25. The Balaban J connectivity index is 3.53. The van der Waals surface area contributed by atoms with Crippen molar-refractivity contribution in [3.63, 3.8) is 0 Å². The molecule has 0 saturated heterocycles. The molecule has 4 nitrogen and oxygen atoms in total. The van der Waals surface area contributed by atoms with Crippen LogP contribution in [0.15, 0.2) is 48.6 Å². The van der Waals surface area contributed by atoms with Crippen molar-refractivity contribution in [1.29, 1.82) is 0 Å². The molecule has 0 fully saturated rings. The van der Waals surface area contributed by atoms with Crippen molar-refractivity contribution < 1.29 is 15.0 Å². The highest BCUT2D eigenvalue weighted by molar-refractivity contribution is 5.76. The van der Waals surface area contributed by atoms with Gasteiger partial charge in [-0.2, -0.15) is 0 Å². The van der Waals surface area contributed by atoms with Gasteiger partial charge in [0.25, 0.3) is 0 Å². The van der Waals surface area contributed by atoms with E-state index in [0.717, 1.165) is 38.5 Å². The zero-order valence-corrected chi connectivity index (χ0v) is 40.5. The van der Waals surface area contributed by atoms with Gasteiger partial charge in [0, 0.05) is 6.42 Å². The Hall–Kier alpha value is -1.65. The minimum atomic E-state index is -0.863. The Morgan fingerprint density at radius 2 is 0.700 bits per heavy atom. The summed E-state index contributed by atoms with van der Waals surface area (Å²) in [6.45, 7) is 4.31. The SMILES string of the molecule is CCCCCCC/C=C\C/C=C\CCCCCCCCCCCCCCCCCC(=O)NC(CO)C(O)/C=C/CC/C=C/CCCCCCCCCCCCCCCCC. The molecule has 0 aliphatic rings. The summed E-state index contributed by atoms with van der Waals surface area (Å²) >= 11 is 0. The minimum absolute atomic E-state index is 0.0714. The summed E-state index contributed by atoms with van der Waals surface area (Å²) in [4.78, 5) is 12.5. The second-order valence-electron chi connectivity index (χ2n) is 18.3. The van der Waals surface area contributed by atoms with E-state index in [1.165, 1.54) is 225 Å². The number of carbonyl (C=O) groups excluding carboxylic acids is 1. The van der Waals surface area contributed by atoms with E-state index in [9.17, 15) is 15.0 Å². The third-order valence-corrected chi connectivity index (χ3v) is 12.3. The molecule has 0 rings (SSSR count). The van der Waals surface area contributed by atoms with E-state index < -0.39 is 12.1 Å². The highest BCUT2D eigenvalue weighted by Crippen LogP contribution is 2.16. The number of allylic oxidation sites excluding steroid dienone is 7. The number of carbonyl (C=O) groups is 1. The summed E-state index contributed by atoms with van der Waals surface area (Å²) < 4.78 is 0. The maximum absolute atomic E-state index is 12.5. The summed E-state index contributed by atoms with van der Waals surface area (Å²) in [7, 11) is 0. The second-order valence-corrected chi connectivity index (χ2v) is 18.3. The third kappa shape index (κ3) is 47.4. The zero-order valence-electron chi connectivity index (χ0n) is 40.5. The Morgan fingerprint density at radius 3 is 1.07 bits per heavy atom. The molecule has 0 saturated carbocycles. The van der Waals surface area contributed by atoms with Crippen LogP contribution in [0.2, 0.25) is 0 Å². The Kier molecular flexibility index (Phi) is 50.3. The fourth-order valence-electron chi connectivity index (χ4n) is 8.17. The van der Waals surface area contributed by atoms with E-state index >= 15 is 0 Å². The molecular formula is C56H105NO3. The van der Waals surface area contributed by atoms with Gasteiger partial charge in [0.05, 0.1) is 18.8 Å². The molecule has 0 spiro atoms. The van der Waals surface area contributed by atoms with Gasteiger partial charge in [0.15, 0.2) is 0 Å². The van der Waals surface area contributed by atoms with Crippen molar-refractivity contribution >= 4 is 5.91 Å². The molecule has 0 heterocycles. The smallest absolute Gasteiger partial charge is 0.220 e. The lowest BCUT2D eigenvalue weighted by Gasteiger charge is -2.19. The lowest BCUT2D eigenvalue weighted by atomic mass is 10.0. The van der Waals surface area contributed by atoms with Gasteiger partial charge >= 0.3 is 0 Å². The molecule has 4 heteroatoms. The molecule has 2 atom stereocenters. The van der Waals surface area contributed by atoms with Crippen LogP contribution in [0, 0.1) is 0 Å². The summed E-state index contributed by atoms with van der Waals surface area (Å²) in [5.74, 6) is -0.0714. The maximum atomic E-state index is 12.5. The second kappa shape index (κ2) is 51.7. The molecule has 352 valence electrons. The predicted octanol–water partition coefficient (Wildman–Crippen LogP) is 17.5. The summed E-state index contributed by atoms with van der Waals surface area (Å²) in [5.41, 5.74) is 0. The first-order valence-electron chi connectivity index (χ1n) is 26.9. The highest BCUT2D eigenvalue weighted by atomic mass is 16.3. The topological polar surface area (TPSA) is 69.6 Å². The van der Waals surface area contributed by atoms with Crippen LogP contribution in [0.4, 0.5) is 0 Å². The number of hydrogen-bond donors (Lipinski definition) is 3. The van der Waals surface area contributed by atoms with Crippen LogP contribution in [0.1, 0.15) is 284 Å². The van der Waals surface area contributed by atoms with Gasteiger partial charge in [0.2, 0.25) is 5.91 Å². The number of aliphatic hydroxyl groups excluding tert-OH is 2. The van der Waals surface area contributed by atoms with E-state index in [4.69, 9.17) is 0 Å². The first-order chi connectivity index (χ1) is 29.7. The quantitative estimate of drug-likeness (QED) is 0.0422. The number of amides is 1. The minimum Gasteiger partial charge on any atom is -0.394 e. The van der Waals surface area contributed by atoms with Crippen molar-refractivity contribution in [1.82, 2.24) is 5.32 Å². The number of rotatable bonds is 49. The van der Waals surface area contributed by atoms with Crippen molar-refractivity contribution in [2.75, 3.05) is 6.61 Å². The Morgan fingerprint density at radius 1 is 0.400 bits per heavy atom. The van der Waals surface area contributed by atoms with E-state index in [1.807, 2.05) is 6.08 Å². The van der Waals surface area contributed by atoms with Crippen molar-refractivity contribution in [3.8, 4) is 0 Å². The van der Waals surface area contributed by atoms with Crippen LogP contribution in [0.3, 0.4) is 0 Å². The van der Waals surface area contributed by atoms with Gasteiger partial charge in [-0.15, -0.1) is 0 Å². The first-order valence-corrected chi connectivity index (χ1v) is 26.9. The van der Waals surface area contributed by atoms with Crippen LogP contribution in [-0.4, -0.2) is 34.9 Å². The van der Waals surface area contributed by atoms with E-state index in [1.54, 1.807) is 6.08 Å². The first kappa shape index (κ1) is 58.4. The van der Waals surface area contributed by atoms with E-state index in [2.05, 4.69) is 55.6 Å². The average molecular weight is 840 g/mol. The van der Waals surface area contributed by atoms with Crippen molar-refractivity contribution in [3.05, 3.63) is 48.6 Å². The molecule has 0 aromatic rings. The molecule has 0 aromatic heterocycles. The maximum Gasteiger partial charge on any atom is 0.220 e. The van der Waals surface area contributed by atoms with Crippen molar-refractivity contribution in [2.24, 2.45) is 0 Å². The number of hydrogen-bond acceptors (Lipinski definition) is 3. The predicted molar refractivity (Wildman–Crippen MR) is 267 cm³/mol. The van der Waals surface area contributed by atoms with Crippen LogP contribution in [0.25, 0.3) is 0 Å². The molecule has 0 aromatic carbocycles. The summed E-state index contributed by atoms with van der Waals surface area (Å²) in [6.07, 6.45) is 71.2. The van der Waals surface area contributed by atoms with E-state index in [-0.39, 0.29) is 12.5 Å². The summed E-state index contributed by atoms with van der Waals surface area (Å²) in [5, 5.41) is 23.1. The lowest BCUT2D eigenvalue weighted by Crippen LogP contribution is -2.45. The van der Waals surface area contributed by atoms with Gasteiger partial charge < -0.3 is 15.5 Å². The van der Waals surface area contributed by atoms with Gasteiger partial charge in [-0.25, -0.2) is 0 Å². The number of nitrogens with one attached hydrogen (secondary N) is 1. The van der Waals surface area contributed by atoms with Crippen LogP contribution >= 0.6 is 0 Å². The lowest BCUT2D eigenvalue weighted by molar-refractivity contribution is -0.123. The van der Waals surface area contributed by atoms with Crippen molar-refractivity contribution in [2.45, 2.75) is 296 Å². The normalized spacial score (nSPS) is 13.2. The molecule has 0 radical (unpaired) electrons. The number of aliphatic hydroxyl groups is 2. The van der Waals surface area contributed by atoms with Gasteiger partial charge in [-0.05, 0) is 64.2 Å². The standard InChI is InChI=1S/C56H105NO3/c1-3-5-7-9-11-13-15-17-19-21-23-25-26-27-28-29-30-32-34-36-38-40-42-44-46-48-50-52-56(60)57-54(53-58)55(59)51-49-47-45-43-41-39-37-35-33-31-24-22-20-18-16-14-12-10-8-6-4-2/h15,17,21,23,41,43,49,51,54-55,58-59H,3-14,16,18-20,22,24-40,42,44-48,50,52-53H2,1-2H3,(H,57,60)/b17-15-,23-21-,43-41+,51-49+. The molecule has 60 heavy (non-hydrogen) atoms. The van der Waals surface area contributed by atoms with Crippen LogP contribution in [-0.2, 0) is 4.79 Å². The Labute approximate surface area is 375 Å². The largest absolute Gasteiger partial charge is 0.394 e.